The van der Waals surface area contributed by atoms with Gasteiger partial charge in [-0.15, -0.1) is 5.10 Å². The van der Waals surface area contributed by atoms with Gasteiger partial charge in [-0.1, -0.05) is 31.0 Å². The lowest BCUT2D eigenvalue weighted by Gasteiger charge is -2.30. The summed E-state index contributed by atoms with van der Waals surface area (Å²) in [5, 5.41) is 11.7. The normalized spacial score (nSPS) is 18.3. The van der Waals surface area contributed by atoms with Crippen LogP contribution in [0.5, 0.6) is 0 Å². The molecular weight excluding hydrogens is 274 g/mol. The Labute approximate surface area is 130 Å². The van der Waals surface area contributed by atoms with Crippen molar-refractivity contribution in [3.05, 3.63) is 36.0 Å². The minimum atomic E-state index is 0.505. The number of anilines is 3. The average Bonchev–Trinajstić information content (AvgIpc) is 3.07. The standard InChI is InChI=1S/C17H21N5/c1-4-10-15-13(6-1)7-5-11-22(15)16-12-18-21-17(20-16)19-14-8-2-3-9-14/h1,4,6,10,12,14H,2-3,5,7-9,11H2,(H,19,20,21). The number of rotatable bonds is 3. The van der Waals surface area contributed by atoms with E-state index in [4.69, 9.17) is 4.98 Å². The first-order chi connectivity index (χ1) is 10.9. The van der Waals surface area contributed by atoms with E-state index < -0.39 is 0 Å². The molecule has 22 heavy (non-hydrogen) atoms. The van der Waals surface area contributed by atoms with E-state index in [2.05, 4.69) is 44.7 Å². The Morgan fingerprint density at radius 2 is 1.95 bits per heavy atom. The van der Waals surface area contributed by atoms with Gasteiger partial charge >= 0.3 is 0 Å². The van der Waals surface area contributed by atoms with E-state index in [0.717, 1.165) is 25.2 Å². The second-order valence-electron chi connectivity index (χ2n) is 6.15. The molecule has 1 fully saturated rings. The Morgan fingerprint density at radius 3 is 2.86 bits per heavy atom. The van der Waals surface area contributed by atoms with Gasteiger partial charge in [0.2, 0.25) is 5.95 Å². The largest absolute Gasteiger partial charge is 0.350 e. The first-order valence-corrected chi connectivity index (χ1v) is 8.22. The fourth-order valence-corrected chi connectivity index (χ4v) is 3.51. The number of aryl methyl sites for hydroxylation is 1. The van der Waals surface area contributed by atoms with Crippen LogP contribution in [-0.2, 0) is 6.42 Å². The topological polar surface area (TPSA) is 53.9 Å². The molecule has 1 aromatic heterocycles. The maximum absolute atomic E-state index is 4.70. The highest BCUT2D eigenvalue weighted by Gasteiger charge is 2.20. The number of nitrogens with one attached hydrogen (secondary N) is 1. The van der Waals surface area contributed by atoms with Crippen LogP contribution in [0.4, 0.5) is 17.5 Å². The summed E-state index contributed by atoms with van der Waals surface area (Å²) in [6.07, 6.45) is 9.06. The SMILES string of the molecule is c1ccc2c(c1)CCCN2c1cnnc(NC2CCCC2)n1. The van der Waals surface area contributed by atoms with Gasteiger partial charge in [-0.2, -0.15) is 10.1 Å². The second-order valence-corrected chi connectivity index (χ2v) is 6.15. The van der Waals surface area contributed by atoms with Crippen LogP contribution in [0.1, 0.15) is 37.7 Å². The number of aromatic nitrogens is 3. The van der Waals surface area contributed by atoms with Gasteiger partial charge in [0.25, 0.3) is 0 Å². The Balaban J connectivity index is 1.60. The van der Waals surface area contributed by atoms with Crippen LogP contribution in [0.3, 0.4) is 0 Å². The Morgan fingerprint density at radius 1 is 1.09 bits per heavy atom. The molecule has 2 aromatic rings. The minimum Gasteiger partial charge on any atom is -0.350 e. The van der Waals surface area contributed by atoms with Crippen molar-refractivity contribution in [1.82, 2.24) is 15.2 Å². The summed E-state index contributed by atoms with van der Waals surface area (Å²) in [6.45, 7) is 0.985. The lowest BCUT2D eigenvalue weighted by molar-refractivity contribution is 0.729. The number of para-hydroxylation sites is 1. The summed E-state index contributed by atoms with van der Waals surface area (Å²) in [6, 6.07) is 9.07. The molecule has 1 aliphatic heterocycles. The molecule has 0 unspecified atom stereocenters. The third-order valence-corrected chi connectivity index (χ3v) is 4.62. The van der Waals surface area contributed by atoms with Gasteiger partial charge in [0, 0.05) is 18.3 Å². The van der Waals surface area contributed by atoms with Gasteiger partial charge in [0.05, 0.1) is 6.20 Å². The second kappa shape index (κ2) is 5.91. The molecule has 5 heteroatoms. The summed E-state index contributed by atoms with van der Waals surface area (Å²) < 4.78 is 0. The van der Waals surface area contributed by atoms with Crippen LogP contribution in [-0.4, -0.2) is 27.8 Å². The third kappa shape index (κ3) is 2.63. The lowest BCUT2D eigenvalue weighted by atomic mass is 10.0. The Hall–Kier alpha value is -2.17. The minimum absolute atomic E-state index is 0.505. The molecule has 0 bridgehead atoms. The predicted octanol–water partition coefficient (Wildman–Crippen LogP) is 3.31. The van der Waals surface area contributed by atoms with Gasteiger partial charge < -0.3 is 10.2 Å². The molecule has 1 aromatic carbocycles. The predicted molar refractivity (Wildman–Crippen MR) is 87.5 cm³/mol. The summed E-state index contributed by atoms with van der Waals surface area (Å²) in [5.74, 6) is 1.55. The van der Waals surface area contributed by atoms with E-state index in [1.165, 1.54) is 36.9 Å². The van der Waals surface area contributed by atoms with Crippen LogP contribution in [0.2, 0.25) is 0 Å². The van der Waals surface area contributed by atoms with E-state index in [1.807, 2.05) is 0 Å². The molecular formula is C17H21N5. The zero-order valence-electron chi connectivity index (χ0n) is 12.7. The van der Waals surface area contributed by atoms with Crippen molar-refractivity contribution < 1.29 is 0 Å². The van der Waals surface area contributed by atoms with Gasteiger partial charge in [0.1, 0.15) is 0 Å². The first-order valence-electron chi connectivity index (χ1n) is 8.22. The van der Waals surface area contributed by atoms with Crippen molar-refractivity contribution in [3.8, 4) is 0 Å². The highest BCUT2D eigenvalue weighted by molar-refractivity contribution is 5.65. The highest BCUT2D eigenvalue weighted by Crippen LogP contribution is 2.32. The van der Waals surface area contributed by atoms with Crippen molar-refractivity contribution in [2.24, 2.45) is 0 Å². The quantitative estimate of drug-likeness (QED) is 0.941. The first kappa shape index (κ1) is 13.5. The summed E-state index contributed by atoms with van der Waals surface area (Å²) in [5.41, 5.74) is 2.64. The van der Waals surface area contributed by atoms with Crippen LogP contribution >= 0.6 is 0 Å². The molecule has 1 N–H and O–H groups in total. The lowest BCUT2D eigenvalue weighted by Crippen LogP contribution is -2.26. The van der Waals surface area contributed by atoms with Crippen LogP contribution in [0, 0.1) is 0 Å². The molecule has 2 aliphatic rings. The maximum Gasteiger partial charge on any atom is 0.244 e. The van der Waals surface area contributed by atoms with Gasteiger partial charge in [-0.25, -0.2) is 0 Å². The van der Waals surface area contributed by atoms with Crippen molar-refractivity contribution in [3.63, 3.8) is 0 Å². The third-order valence-electron chi connectivity index (χ3n) is 4.62. The van der Waals surface area contributed by atoms with Crippen LogP contribution in [0.15, 0.2) is 30.5 Å². The van der Waals surface area contributed by atoms with Crippen molar-refractivity contribution in [2.45, 2.75) is 44.6 Å². The molecule has 1 saturated carbocycles. The summed E-state index contributed by atoms with van der Waals surface area (Å²) in [7, 11) is 0. The maximum atomic E-state index is 4.70. The molecule has 0 amide bonds. The molecule has 0 atom stereocenters. The highest BCUT2D eigenvalue weighted by atomic mass is 15.3. The molecule has 0 saturated heterocycles. The molecule has 4 rings (SSSR count). The summed E-state index contributed by atoms with van der Waals surface area (Å²) >= 11 is 0. The molecule has 1 aliphatic carbocycles. The van der Waals surface area contributed by atoms with E-state index in [1.54, 1.807) is 6.20 Å². The van der Waals surface area contributed by atoms with E-state index >= 15 is 0 Å². The van der Waals surface area contributed by atoms with Gasteiger partial charge in [-0.05, 0) is 37.3 Å². The number of benzene rings is 1. The molecule has 114 valence electrons. The molecule has 0 radical (unpaired) electrons. The van der Waals surface area contributed by atoms with Crippen molar-refractivity contribution >= 4 is 17.5 Å². The Kier molecular flexibility index (Phi) is 3.62. The van der Waals surface area contributed by atoms with E-state index in [-0.39, 0.29) is 0 Å². The zero-order chi connectivity index (χ0) is 14.8. The van der Waals surface area contributed by atoms with Crippen molar-refractivity contribution in [2.75, 3.05) is 16.8 Å². The molecule has 5 nitrogen and oxygen atoms in total. The number of hydrogen-bond donors (Lipinski definition) is 1. The average molecular weight is 295 g/mol. The number of fused-ring (bicyclic) bond motifs is 1. The summed E-state index contributed by atoms with van der Waals surface area (Å²) in [4.78, 5) is 6.96. The molecule has 2 heterocycles. The van der Waals surface area contributed by atoms with Gasteiger partial charge in [0.15, 0.2) is 5.82 Å². The molecule has 0 spiro atoms. The monoisotopic (exact) mass is 295 g/mol. The Bertz CT molecular complexity index is 651. The van der Waals surface area contributed by atoms with E-state index in [0.29, 0.717) is 12.0 Å². The fourth-order valence-electron chi connectivity index (χ4n) is 3.51. The smallest absolute Gasteiger partial charge is 0.244 e. The zero-order valence-corrected chi connectivity index (χ0v) is 12.7. The van der Waals surface area contributed by atoms with Gasteiger partial charge in [-0.3, -0.25) is 0 Å². The van der Waals surface area contributed by atoms with Crippen LogP contribution in [0.25, 0.3) is 0 Å². The van der Waals surface area contributed by atoms with E-state index in [9.17, 15) is 0 Å². The number of nitrogens with zero attached hydrogens (tertiary/aromatic N) is 4. The van der Waals surface area contributed by atoms with Crippen molar-refractivity contribution in [1.29, 1.82) is 0 Å². The van der Waals surface area contributed by atoms with Crippen LogP contribution < -0.4 is 10.2 Å². The number of hydrogen-bond acceptors (Lipinski definition) is 5. The fraction of sp³-hybridized carbons (Fsp3) is 0.471.